The summed E-state index contributed by atoms with van der Waals surface area (Å²) in [6.45, 7) is 3.24. The van der Waals surface area contributed by atoms with Gasteiger partial charge in [0.05, 0.1) is 16.3 Å². The lowest BCUT2D eigenvalue weighted by Crippen LogP contribution is -2.25. The SMILES string of the molecule is CCn1c(N)nc2cc(C(=O)NCCc3nc4c(s3)CCCC4)cnc21. The van der Waals surface area contributed by atoms with Crippen molar-refractivity contribution < 1.29 is 4.79 Å². The summed E-state index contributed by atoms with van der Waals surface area (Å²) in [5.74, 6) is 0.269. The van der Waals surface area contributed by atoms with E-state index in [0.29, 0.717) is 35.8 Å². The molecule has 4 rings (SSSR count). The Morgan fingerprint density at radius 1 is 1.35 bits per heavy atom. The first-order chi connectivity index (χ1) is 12.7. The topological polar surface area (TPSA) is 98.7 Å². The Morgan fingerprint density at radius 2 is 2.19 bits per heavy atom. The van der Waals surface area contributed by atoms with Crippen LogP contribution in [-0.2, 0) is 25.8 Å². The average Bonchev–Trinajstić information content (AvgIpc) is 3.19. The number of nitrogens with zero attached hydrogens (tertiary/aromatic N) is 4. The number of nitrogen functional groups attached to an aromatic ring is 1. The van der Waals surface area contributed by atoms with E-state index in [4.69, 9.17) is 10.7 Å². The number of imidazole rings is 1. The van der Waals surface area contributed by atoms with Gasteiger partial charge in [-0.1, -0.05) is 0 Å². The Morgan fingerprint density at radius 3 is 3.00 bits per heavy atom. The molecular formula is C18H22N6OS. The average molecular weight is 370 g/mol. The smallest absolute Gasteiger partial charge is 0.252 e. The zero-order chi connectivity index (χ0) is 18.1. The van der Waals surface area contributed by atoms with E-state index in [-0.39, 0.29) is 5.91 Å². The Labute approximate surface area is 155 Å². The second-order valence-electron chi connectivity index (χ2n) is 6.47. The van der Waals surface area contributed by atoms with Crippen LogP contribution in [0.1, 0.15) is 45.7 Å². The van der Waals surface area contributed by atoms with Gasteiger partial charge in [-0.05, 0) is 38.7 Å². The first-order valence-electron chi connectivity index (χ1n) is 9.03. The second-order valence-corrected chi connectivity index (χ2v) is 7.64. The van der Waals surface area contributed by atoms with Gasteiger partial charge in [0.2, 0.25) is 5.95 Å². The number of carbonyl (C=O) groups is 1. The number of thiazole rings is 1. The number of carbonyl (C=O) groups excluding carboxylic acids is 1. The van der Waals surface area contributed by atoms with E-state index in [1.165, 1.54) is 23.4 Å². The van der Waals surface area contributed by atoms with Gasteiger partial charge >= 0.3 is 0 Å². The van der Waals surface area contributed by atoms with Crippen molar-refractivity contribution in [2.24, 2.45) is 0 Å². The zero-order valence-corrected chi connectivity index (χ0v) is 15.6. The van der Waals surface area contributed by atoms with Gasteiger partial charge in [0.1, 0.15) is 5.52 Å². The van der Waals surface area contributed by atoms with Crippen LogP contribution in [0.15, 0.2) is 12.3 Å². The number of amides is 1. The molecule has 1 aliphatic carbocycles. The van der Waals surface area contributed by atoms with Crippen molar-refractivity contribution in [1.29, 1.82) is 0 Å². The molecule has 3 aromatic rings. The molecule has 8 heteroatoms. The molecule has 26 heavy (non-hydrogen) atoms. The minimum Gasteiger partial charge on any atom is -0.369 e. The normalized spacial score (nSPS) is 13.7. The Kier molecular flexibility index (Phi) is 4.58. The van der Waals surface area contributed by atoms with Gasteiger partial charge in [-0.25, -0.2) is 15.0 Å². The number of aryl methyl sites for hydroxylation is 3. The van der Waals surface area contributed by atoms with Crippen molar-refractivity contribution in [3.05, 3.63) is 33.4 Å². The molecule has 1 aliphatic rings. The molecule has 3 aromatic heterocycles. The molecule has 0 radical (unpaired) electrons. The van der Waals surface area contributed by atoms with Gasteiger partial charge in [-0.15, -0.1) is 11.3 Å². The van der Waals surface area contributed by atoms with Crippen molar-refractivity contribution >= 4 is 34.4 Å². The Hall–Kier alpha value is -2.48. The van der Waals surface area contributed by atoms with Gasteiger partial charge in [0.25, 0.3) is 5.91 Å². The van der Waals surface area contributed by atoms with E-state index in [0.717, 1.165) is 24.3 Å². The third-order valence-corrected chi connectivity index (χ3v) is 5.92. The fourth-order valence-corrected chi connectivity index (χ4v) is 4.52. The molecule has 136 valence electrons. The standard InChI is InChI=1S/C18H22N6OS/c1-2-24-16-13(23-18(24)19)9-11(10-21-16)17(25)20-8-7-15-22-12-5-3-4-6-14(12)26-15/h9-10H,2-8H2,1H3,(H2,19,23)(H,20,25). The second kappa shape index (κ2) is 7.03. The van der Waals surface area contributed by atoms with E-state index in [1.807, 2.05) is 11.5 Å². The number of pyridine rings is 1. The minimum absolute atomic E-state index is 0.148. The Bertz CT molecular complexity index is 937. The molecule has 0 bridgehead atoms. The largest absolute Gasteiger partial charge is 0.369 e. The van der Waals surface area contributed by atoms with E-state index in [2.05, 4.69) is 15.3 Å². The van der Waals surface area contributed by atoms with Crippen molar-refractivity contribution in [2.45, 2.75) is 45.6 Å². The third-order valence-electron chi connectivity index (χ3n) is 4.71. The number of hydrogen-bond donors (Lipinski definition) is 2. The molecule has 0 aromatic carbocycles. The number of rotatable bonds is 5. The monoisotopic (exact) mass is 370 g/mol. The summed E-state index contributed by atoms with van der Waals surface area (Å²) in [5, 5.41) is 4.06. The zero-order valence-electron chi connectivity index (χ0n) is 14.8. The van der Waals surface area contributed by atoms with Crippen LogP contribution < -0.4 is 11.1 Å². The minimum atomic E-state index is -0.148. The van der Waals surface area contributed by atoms with E-state index >= 15 is 0 Å². The van der Waals surface area contributed by atoms with Gasteiger partial charge in [-0.3, -0.25) is 9.36 Å². The van der Waals surface area contributed by atoms with Gasteiger partial charge in [-0.2, -0.15) is 0 Å². The highest BCUT2D eigenvalue weighted by molar-refractivity contribution is 7.11. The molecule has 1 amide bonds. The van der Waals surface area contributed by atoms with Crippen LogP contribution in [0.4, 0.5) is 5.95 Å². The van der Waals surface area contributed by atoms with Crippen molar-refractivity contribution in [2.75, 3.05) is 12.3 Å². The lowest BCUT2D eigenvalue weighted by atomic mass is 10.0. The summed E-state index contributed by atoms with van der Waals surface area (Å²) < 4.78 is 1.82. The number of fused-ring (bicyclic) bond motifs is 2. The highest BCUT2D eigenvalue weighted by Crippen LogP contribution is 2.26. The molecule has 0 unspecified atom stereocenters. The summed E-state index contributed by atoms with van der Waals surface area (Å²) in [4.78, 5) is 27.2. The van der Waals surface area contributed by atoms with Crippen LogP contribution in [0.5, 0.6) is 0 Å². The Balaban J connectivity index is 1.40. The predicted molar refractivity (Wildman–Crippen MR) is 102 cm³/mol. The van der Waals surface area contributed by atoms with Crippen LogP contribution in [-0.4, -0.2) is 32.0 Å². The molecule has 0 saturated heterocycles. The van der Waals surface area contributed by atoms with Gasteiger partial charge in [0, 0.05) is 30.6 Å². The van der Waals surface area contributed by atoms with Crippen LogP contribution in [0.2, 0.25) is 0 Å². The first-order valence-corrected chi connectivity index (χ1v) is 9.84. The van der Waals surface area contributed by atoms with E-state index in [9.17, 15) is 4.79 Å². The summed E-state index contributed by atoms with van der Waals surface area (Å²) in [7, 11) is 0. The molecular weight excluding hydrogens is 348 g/mol. The molecule has 7 nitrogen and oxygen atoms in total. The third kappa shape index (κ3) is 3.16. The number of hydrogen-bond acceptors (Lipinski definition) is 6. The van der Waals surface area contributed by atoms with E-state index in [1.54, 1.807) is 23.6 Å². The van der Waals surface area contributed by atoms with E-state index < -0.39 is 0 Å². The van der Waals surface area contributed by atoms with Gasteiger partial charge in [0.15, 0.2) is 5.65 Å². The van der Waals surface area contributed by atoms with Crippen molar-refractivity contribution in [1.82, 2.24) is 24.8 Å². The lowest BCUT2D eigenvalue weighted by molar-refractivity contribution is 0.0954. The number of anilines is 1. The first kappa shape index (κ1) is 17.0. The quantitative estimate of drug-likeness (QED) is 0.718. The summed E-state index contributed by atoms with van der Waals surface area (Å²) in [5.41, 5.74) is 8.99. The molecule has 0 spiro atoms. The summed E-state index contributed by atoms with van der Waals surface area (Å²) in [6.07, 6.45) is 7.08. The lowest BCUT2D eigenvalue weighted by Gasteiger charge is -2.06. The summed E-state index contributed by atoms with van der Waals surface area (Å²) >= 11 is 1.79. The molecule has 0 saturated carbocycles. The molecule has 3 heterocycles. The fourth-order valence-electron chi connectivity index (χ4n) is 3.36. The van der Waals surface area contributed by atoms with Crippen LogP contribution in [0, 0.1) is 0 Å². The van der Waals surface area contributed by atoms with Crippen molar-refractivity contribution in [3.8, 4) is 0 Å². The van der Waals surface area contributed by atoms with Gasteiger partial charge < -0.3 is 11.1 Å². The van der Waals surface area contributed by atoms with Crippen LogP contribution in [0.3, 0.4) is 0 Å². The predicted octanol–water partition coefficient (Wildman–Crippen LogP) is 2.34. The maximum absolute atomic E-state index is 12.4. The van der Waals surface area contributed by atoms with Crippen LogP contribution >= 0.6 is 11.3 Å². The number of aromatic nitrogens is 4. The van der Waals surface area contributed by atoms with Crippen LogP contribution in [0.25, 0.3) is 11.2 Å². The fraction of sp³-hybridized carbons (Fsp3) is 0.444. The number of nitrogens with one attached hydrogen (secondary N) is 1. The molecule has 0 aliphatic heterocycles. The maximum atomic E-state index is 12.4. The molecule has 3 N–H and O–H groups in total. The maximum Gasteiger partial charge on any atom is 0.252 e. The molecule has 0 fully saturated rings. The summed E-state index contributed by atoms with van der Waals surface area (Å²) in [6, 6.07) is 1.74. The van der Waals surface area contributed by atoms with Crippen molar-refractivity contribution in [3.63, 3.8) is 0 Å². The molecule has 0 atom stereocenters. The number of nitrogens with two attached hydrogens (primary N) is 1. The highest BCUT2D eigenvalue weighted by atomic mass is 32.1. The highest BCUT2D eigenvalue weighted by Gasteiger charge is 2.16.